The highest BCUT2D eigenvalue weighted by Gasteiger charge is 2.18. The van der Waals surface area contributed by atoms with E-state index in [0.29, 0.717) is 55.5 Å². The maximum atomic E-state index is 12.7. The Labute approximate surface area is 134 Å². The number of hydrogen-bond acceptors (Lipinski definition) is 6. The second kappa shape index (κ2) is 8.44. The molecule has 2 rings (SSSR count). The molecule has 0 radical (unpaired) electrons. The van der Waals surface area contributed by atoms with Gasteiger partial charge >= 0.3 is 0 Å². The molecule has 0 saturated carbocycles. The van der Waals surface area contributed by atoms with Crippen LogP contribution >= 0.6 is 0 Å². The summed E-state index contributed by atoms with van der Waals surface area (Å²) in [6.45, 7) is 6.87. The summed E-state index contributed by atoms with van der Waals surface area (Å²) in [4.78, 5) is 14.6. The molecule has 126 valence electrons. The minimum Gasteiger partial charge on any atom is -0.380 e. The summed E-state index contributed by atoms with van der Waals surface area (Å²) in [5.74, 6) is -0.160. The van der Waals surface area contributed by atoms with Crippen LogP contribution in [0.5, 0.6) is 0 Å². The lowest BCUT2D eigenvalue weighted by molar-refractivity contribution is -0.782. The topological polar surface area (TPSA) is 91.7 Å². The largest absolute Gasteiger partial charge is 0.380 e. The molecule has 8 nitrogen and oxygen atoms in total. The van der Waals surface area contributed by atoms with Crippen molar-refractivity contribution in [2.45, 2.75) is 13.8 Å². The van der Waals surface area contributed by atoms with Crippen LogP contribution in [0.3, 0.4) is 0 Å². The minimum atomic E-state index is -0.160. The van der Waals surface area contributed by atoms with Crippen LogP contribution in [0, 0.1) is 5.21 Å². The van der Waals surface area contributed by atoms with Gasteiger partial charge in [0.25, 0.3) is 5.91 Å². The van der Waals surface area contributed by atoms with Gasteiger partial charge in [0.1, 0.15) is 0 Å². The van der Waals surface area contributed by atoms with E-state index in [1.54, 1.807) is 17.0 Å². The molecule has 0 atom stereocenters. The highest BCUT2D eigenvalue weighted by Crippen LogP contribution is 2.12. The standard InChI is InChI=1S/C15H21N3O5/c1-3-21-9-7-17(8-10-22-4-2)15(19)12-5-6-14-13(11-12)16-23-18(14)20/h5-6,11H,3-4,7-10H2,1-2H3. The number of hydrogen-bond donors (Lipinski definition) is 0. The zero-order valence-corrected chi connectivity index (χ0v) is 13.4. The van der Waals surface area contributed by atoms with Crippen LogP contribution < -0.4 is 4.90 Å². The molecule has 1 heterocycles. The van der Waals surface area contributed by atoms with Crippen LogP contribution in [-0.2, 0) is 9.47 Å². The summed E-state index contributed by atoms with van der Waals surface area (Å²) in [6, 6.07) is 4.66. The second-order valence-corrected chi connectivity index (χ2v) is 4.82. The van der Waals surface area contributed by atoms with E-state index in [2.05, 4.69) is 9.79 Å². The van der Waals surface area contributed by atoms with Crippen molar-refractivity contribution in [2.24, 2.45) is 0 Å². The van der Waals surface area contributed by atoms with Gasteiger partial charge in [0.15, 0.2) is 0 Å². The zero-order valence-electron chi connectivity index (χ0n) is 13.4. The first-order valence-electron chi connectivity index (χ1n) is 7.61. The van der Waals surface area contributed by atoms with Gasteiger partial charge in [0, 0.05) is 43.1 Å². The molecule has 1 aromatic carbocycles. The number of benzene rings is 1. The summed E-state index contributed by atoms with van der Waals surface area (Å²) in [5, 5.41) is 14.9. The van der Waals surface area contributed by atoms with Crippen molar-refractivity contribution in [3.63, 3.8) is 0 Å². The lowest BCUT2D eigenvalue weighted by atomic mass is 10.1. The van der Waals surface area contributed by atoms with Crippen molar-refractivity contribution in [3.8, 4) is 0 Å². The first kappa shape index (κ1) is 17.2. The van der Waals surface area contributed by atoms with Crippen molar-refractivity contribution in [2.75, 3.05) is 39.5 Å². The van der Waals surface area contributed by atoms with Gasteiger partial charge in [-0.05, 0) is 30.9 Å². The summed E-state index contributed by atoms with van der Waals surface area (Å²) in [5.41, 5.74) is 1.08. The molecule has 0 spiro atoms. The first-order valence-corrected chi connectivity index (χ1v) is 7.61. The molecule has 0 fully saturated rings. The van der Waals surface area contributed by atoms with Gasteiger partial charge in [-0.2, -0.15) is 0 Å². The summed E-state index contributed by atoms with van der Waals surface area (Å²) >= 11 is 0. The van der Waals surface area contributed by atoms with Crippen molar-refractivity contribution in [1.82, 2.24) is 10.1 Å². The third-order valence-corrected chi connectivity index (χ3v) is 3.34. The van der Waals surface area contributed by atoms with Gasteiger partial charge in [0.2, 0.25) is 11.0 Å². The average Bonchev–Trinajstić information content (AvgIpc) is 2.94. The maximum absolute atomic E-state index is 12.7. The van der Waals surface area contributed by atoms with Crippen LogP contribution in [0.2, 0.25) is 0 Å². The third-order valence-electron chi connectivity index (χ3n) is 3.34. The Morgan fingerprint density at radius 2 is 1.91 bits per heavy atom. The molecule has 0 unspecified atom stereocenters. The normalized spacial score (nSPS) is 11.0. The molecule has 0 saturated heterocycles. The quantitative estimate of drug-likeness (QED) is 0.504. The van der Waals surface area contributed by atoms with E-state index in [-0.39, 0.29) is 11.4 Å². The van der Waals surface area contributed by atoms with E-state index in [1.165, 1.54) is 6.07 Å². The zero-order chi connectivity index (χ0) is 16.7. The van der Waals surface area contributed by atoms with Crippen molar-refractivity contribution in [1.29, 1.82) is 0 Å². The van der Waals surface area contributed by atoms with Crippen LogP contribution in [0.4, 0.5) is 0 Å². The van der Waals surface area contributed by atoms with Gasteiger partial charge in [0.05, 0.1) is 13.2 Å². The summed E-state index contributed by atoms with van der Waals surface area (Å²) in [7, 11) is 0. The summed E-state index contributed by atoms with van der Waals surface area (Å²) in [6.07, 6.45) is 0. The average molecular weight is 323 g/mol. The number of fused-ring (bicyclic) bond motifs is 1. The Kier molecular flexibility index (Phi) is 6.30. The first-order chi connectivity index (χ1) is 11.2. The van der Waals surface area contributed by atoms with E-state index in [1.807, 2.05) is 13.8 Å². The van der Waals surface area contributed by atoms with E-state index < -0.39 is 0 Å². The molecule has 2 aromatic rings. The Morgan fingerprint density at radius 1 is 1.26 bits per heavy atom. The number of carbonyl (C=O) groups is 1. The molecule has 0 aliphatic carbocycles. The lowest BCUT2D eigenvalue weighted by Crippen LogP contribution is -2.36. The maximum Gasteiger partial charge on any atom is 0.254 e. The predicted octanol–water partition coefficient (Wildman–Crippen LogP) is 0.976. The smallest absolute Gasteiger partial charge is 0.254 e. The van der Waals surface area contributed by atoms with E-state index >= 15 is 0 Å². The molecule has 0 N–H and O–H groups in total. The number of ether oxygens (including phenoxy) is 2. The van der Waals surface area contributed by atoms with E-state index in [9.17, 15) is 10.0 Å². The van der Waals surface area contributed by atoms with Crippen LogP contribution in [0.1, 0.15) is 24.2 Å². The number of aromatic nitrogens is 2. The van der Waals surface area contributed by atoms with Gasteiger partial charge in [-0.3, -0.25) is 9.42 Å². The second-order valence-electron chi connectivity index (χ2n) is 4.82. The van der Waals surface area contributed by atoms with Crippen LogP contribution in [-0.4, -0.2) is 55.5 Å². The molecule has 23 heavy (non-hydrogen) atoms. The fourth-order valence-corrected chi connectivity index (χ4v) is 2.14. The van der Waals surface area contributed by atoms with E-state index in [0.717, 1.165) is 0 Å². The van der Waals surface area contributed by atoms with Crippen LogP contribution in [0.15, 0.2) is 22.8 Å². The van der Waals surface area contributed by atoms with Gasteiger partial charge in [-0.1, -0.05) is 0 Å². The van der Waals surface area contributed by atoms with Crippen molar-refractivity contribution < 1.29 is 23.8 Å². The number of amides is 1. The molecule has 1 amide bonds. The fourth-order valence-electron chi connectivity index (χ4n) is 2.14. The fraction of sp³-hybridized carbons (Fsp3) is 0.533. The Bertz CT molecular complexity index is 633. The van der Waals surface area contributed by atoms with Gasteiger partial charge in [-0.15, -0.1) is 0 Å². The third kappa shape index (κ3) is 4.40. The lowest BCUT2D eigenvalue weighted by Gasteiger charge is -2.22. The Hall–Kier alpha value is -2.19. The molecule has 0 aliphatic rings. The molecule has 1 aromatic heterocycles. The van der Waals surface area contributed by atoms with Crippen molar-refractivity contribution >= 4 is 16.9 Å². The SMILES string of the molecule is CCOCCN(CCOCC)C(=O)c1ccc2c(c1)no[n+]2[O-]. The number of carbonyl (C=O) groups excluding carboxylic acids is 1. The monoisotopic (exact) mass is 323 g/mol. The van der Waals surface area contributed by atoms with Crippen LogP contribution in [0.25, 0.3) is 11.0 Å². The molecule has 8 heteroatoms. The van der Waals surface area contributed by atoms with Gasteiger partial charge < -0.3 is 19.6 Å². The molecular formula is C15H21N3O5. The van der Waals surface area contributed by atoms with E-state index in [4.69, 9.17) is 9.47 Å². The predicted molar refractivity (Wildman–Crippen MR) is 81.9 cm³/mol. The number of rotatable bonds is 9. The molecular weight excluding hydrogens is 302 g/mol. The Morgan fingerprint density at radius 3 is 2.52 bits per heavy atom. The van der Waals surface area contributed by atoms with Crippen molar-refractivity contribution in [3.05, 3.63) is 29.0 Å². The minimum absolute atomic E-state index is 0.160. The highest BCUT2D eigenvalue weighted by atomic mass is 16.8. The van der Waals surface area contributed by atoms with Gasteiger partial charge in [-0.25, -0.2) is 0 Å². The molecule has 0 aliphatic heterocycles. The summed E-state index contributed by atoms with van der Waals surface area (Å²) < 4.78 is 15.2. The Balaban J connectivity index is 2.11. The highest BCUT2D eigenvalue weighted by molar-refractivity contribution is 5.96. The number of nitrogens with zero attached hydrogens (tertiary/aromatic N) is 3. The molecule has 0 bridgehead atoms.